The van der Waals surface area contributed by atoms with Crippen LogP contribution >= 0.6 is 0 Å². The average molecular weight is 430 g/mol. The molecule has 1 aromatic heterocycles. The van der Waals surface area contributed by atoms with Gasteiger partial charge < -0.3 is 19.3 Å². The van der Waals surface area contributed by atoms with Crippen LogP contribution in [-0.4, -0.2) is 64.9 Å². The van der Waals surface area contributed by atoms with E-state index in [0.717, 1.165) is 37.3 Å². The summed E-state index contributed by atoms with van der Waals surface area (Å²) in [6.45, 7) is 4.77. The number of fused-ring (bicyclic) bond motifs is 3. The van der Waals surface area contributed by atoms with E-state index >= 15 is 0 Å². The lowest BCUT2D eigenvalue weighted by molar-refractivity contribution is 0.0986. The highest BCUT2D eigenvalue weighted by Crippen LogP contribution is 2.36. The molecule has 1 saturated heterocycles. The third kappa shape index (κ3) is 4.01. The summed E-state index contributed by atoms with van der Waals surface area (Å²) in [6, 6.07) is 25.3. The Hall–Kier alpha value is -3.51. The number of hydrogen-bond acceptors (Lipinski definition) is 3. The minimum atomic E-state index is -0.834. The Morgan fingerprint density at radius 3 is 2.34 bits per heavy atom. The number of carboxylic acid groups (broad SMARTS) is 1. The van der Waals surface area contributed by atoms with E-state index in [1.165, 1.54) is 26.9 Å². The van der Waals surface area contributed by atoms with Crippen LogP contribution in [0.2, 0.25) is 0 Å². The van der Waals surface area contributed by atoms with Gasteiger partial charge in [0, 0.05) is 55.6 Å². The molecule has 6 nitrogen and oxygen atoms in total. The molecule has 164 valence electrons. The van der Waals surface area contributed by atoms with Crippen LogP contribution in [0.1, 0.15) is 5.56 Å². The van der Waals surface area contributed by atoms with Crippen molar-refractivity contribution in [2.45, 2.75) is 6.54 Å². The lowest BCUT2D eigenvalue weighted by Gasteiger charge is -2.32. The van der Waals surface area contributed by atoms with Crippen LogP contribution in [-0.2, 0) is 6.54 Å². The highest BCUT2D eigenvalue weighted by molar-refractivity contribution is 6.11. The first-order chi connectivity index (χ1) is 15.7. The van der Waals surface area contributed by atoms with E-state index in [1.54, 1.807) is 0 Å². The maximum Gasteiger partial charge on any atom is 0.407 e. The largest absolute Gasteiger partial charge is 0.492 e. The summed E-state index contributed by atoms with van der Waals surface area (Å²) in [6.07, 6.45) is -0.834. The second-order valence-electron chi connectivity index (χ2n) is 8.20. The fourth-order valence-corrected chi connectivity index (χ4v) is 4.57. The Morgan fingerprint density at radius 2 is 1.56 bits per heavy atom. The zero-order chi connectivity index (χ0) is 21.9. The molecule has 3 aromatic carbocycles. The predicted octanol–water partition coefficient (Wildman–Crippen LogP) is 4.52. The van der Waals surface area contributed by atoms with Gasteiger partial charge in [0.2, 0.25) is 0 Å². The van der Waals surface area contributed by atoms with Crippen LogP contribution in [0.25, 0.3) is 21.8 Å². The van der Waals surface area contributed by atoms with Crippen LogP contribution in [0.15, 0.2) is 72.8 Å². The molecular weight excluding hydrogens is 402 g/mol. The van der Waals surface area contributed by atoms with Gasteiger partial charge in [0.1, 0.15) is 12.4 Å². The minimum Gasteiger partial charge on any atom is -0.492 e. The average Bonchev–Trinajstić information content (AvgIpc) is 3.14. The van der Waals surface area contributed by atoms with Crippen molar-refractivity contribution in [2.24, 2.45) is 0 Å². The predicted molar refractivity (Wildman–Crippen MR) is 127 cm³/mol. The number of aromatic nitrogens is 1. The molecule has 1 aliphatic heterocycles. The molecule has 0 unspecified atom stereocenters. The van der Waals surface area contributed by atoms with Crippen molar-refractivity contribution in [3.63, 3.8) is 0 Å². The Labute approximate surface area is 187 Å². The third-order valence-electron chi connectivity index (χ3n) is 6.25. The van der Waals surface area contributed by atoms with E-state index in [-0.39, 0.29) is 0 Å². The first-order valence-electron chi connectivity index (χ1n) is 11.1. The van der Waals surface area contributed by atoms with Crippen molar-refractivity contribution in [1.82, 2.24) is 14.4 Å². The number of benzene rings is 3. The SMILES string of the molecule is O=C(O)N1CCN(CCOc2cccc3c2c2ccccc2n3Cc2ccccc2)CC1. The maximum atomic E-state index is 11.1. The highest BCUT2D eigenvalue weighted by Gasteiger charge is 2.20. The topological polar surface area (TPSA) is 57.9 Å². The molecule has 0 radical (unpaired) electrons. The Morgan fingerprint density at radius 1 is 0.844 bits per heavy atom. The summed E-state index contributed by atoms with van der Waals surface area (Å²) in [5.41, 5.74) is 3.64. The Kier molecular flexibility index (Phi) is 5.69. The lowest BCUT2D eigenvalue weighted by atomic mass is 10.1. The summed E-state index contributed by atoms with van der Waals surface area (Å²) in [4.78, 5) is 14.8. The van der Waals surface area contributed by atoms with Crippen LogP contribution in [0.4, 0.5) is 4.79 Å². The molecule has 1 amide bonds. The number of rotatable bonds is 6. The number of nitrogens with zero attached hydrogens (tertiary/aromatic N) is 3. The van der Waals surface area contributed by atoms with Crippen LogP contribution in [0.5, 0.6) is 5.75 Å². The summed E-state index contributed by atoms with van der Waals surface area (Å²) < 4.78 is 8.64. The van der Waals surface area contributed by atoms with E-state index < -0.39 is 6.09 Å². The van der Waals surface area contributed by atoms with E-state index in [4.69, 9.17) is 9.84 Å². The van der Waals surface area contributed by atoms with Gasteiger partial charge in [0.25, 0.3) is 0 Å². The van der Waals surface area contributed by atoms with Gasteiger partial charge in [-0.1, -0.05) is 54.6 Å². The number of hydrogen-bond donors (Lipinski definition) is 1. The molecule has 5 rings (SSSR count). The zero-order valence-electron chi connectivity index (χ0n) is 18.0. The van der Waals surface area contributed by atoms with Gasteiger partial charge in [-0.15, -0.1) is 0 Å². The number of ether oxygens (including phenoxy) is 1. The van der Waals surface area contributed by atoms with Crippen molar-refractivity contribution in [3.8, 4) is 5.75 Å². The Balaban J connectivity index is 1.38. The second kappa shape index (κ2) is 8.93. The molecule has 0 spiro atoms. The Bertz CT molecular complexity index is 1230. The van der Waals surface area contributed by atoms with Gasteiger partial charge in [-0.05, 0) is 23.8 Å². The molecule has 1 N–H and O–H groups in total. The summed E-state index contributed by atoms with van der Waals surface area (Å²) in [5.74, 6) is 0.898. The molecule has 6 heteroatoms. The highest BCUT2D eigenvalue weighted by atomic mass is 16.5. The van der Waals surface area contributed by atoms with Gasteiger partial charge in [0.05, 0.1) is 5.52 Å². The number of piperazine rings is 1. The number of carbonyl (C=O) groups is 1. The van der Waals surface area contributed by atoms with Crippen LogP contribution in [0.3, 0.4) is 0 Å². The lowest BCUT2D eigenvalue weighted by Crippen LogP contribution is -2.49. The first-order valence-corrected chi connectivity index (χ1v) is 11.1. The smallest absolute Gasteiger partial charge is 0.407 e. The van der Waals surface area contributed by atoms with Crippen molar-refractivity contribution in [1.29, 1.82) is 0 Å². The molecule has 0 bridgehead atoms. The number of amides is 1. The first kappa shape index (κ1) is 20.4. The fraction of sp³-hybridized carbons (Fsp3) is 0.269. The molecule has 32 heavy (non-hydrogen) atoms. The maximum absolute atomic E-state index is 11.1. The molecule has 1 aliphatic rings. The monoisotopic (exact) mass is 429 g/mol. The van der Waals surface area contributed by atoms with E-state index in [1.807, 2.05) is 12.1 Å². The quantitative estimate of drug-likeness (QED) is 0.490. The van der Waals surface area contributed by atoms with Crippen molar-refractivity contribution < 1.29 is 14.6 Å². The molecule has 0 saturated carbocycles. The second-order valence-corrected chi connectivity index (χ2v) is 8.20. The molecule has 0 aliphatic carbocycles. The summed E-state index contributed by atoms with van der Waals surface area (Å²) >= 11 is 0. The van der Waals surface area contributed by atoms with Gasteiger partial charge in [0.15, 0.2) is 0 Å². The van der Waals surface area contributed by atoms with Gasteiger partial charge >= 0.3 is 6.09 Å². The van der Waals surface area contributed by atoms with Gasteiger partial charge in [-0.2, -0.15) is 0 Å². The molecule has 0 atom stereocenters. The van der Waals surface area contributed by atoms with E-state index in [0.29, 0.717) is 19.7 Å². The molecule has 4 aromatic rings. The fourth-order valence-electron chi connectivity index (χ4n) is 4.57. The van der Waals surface area contributed by atoms with Crippen molar-refractivity contribution in [2.75, 3.05) is 39.3 Å². The van der Waals surface area contributed by atoms with Gasteiger partial charge in [-0.3, -0.25) is 4.90 Å². The normalized spacial score (nSPS) is 14.8. The van der Waals surface area contributed by atoms with E-state index in [2.05, 4.69) is 70.1 Å². The van der Waals surface area contributed by atoms with Crippen molar-refractivity contribution in [3.05, 3.63) is 78.4 Å². The van der Waals surface area contributed by atoms with Crippen molar-refractivity contribution >= 4 is 27.9 Å². The van der Waals surface area contributed by atoms with E-state index in [9.17, 15) is 4.79 Å². The molecule has 2 heterocycles. The standard InChI is InChI=1S/C26H27N3O3/c30-26(31)28-15-13-27(14-16-28)17-18-32-24-12-6-11-23-25(24)21-9-4-5-10-22(21)29(23)19-20-7-2-1-3-8-20/h1-12H,13-19H2,(H,30,31). The number of para-hydroxylation sites is 1. The summed E-state index contributed by atoms with van der Waals surface area (Å²) in [7, 11) is 0. The molecular formula is C26H27N3O3. The summed E-state index contributed by atoms with van der Waals surface area (Å²) in [5, 5.41) is 11.5. The van der Waals surface area contributed by atoms with Crippen LogP contribution in [0, 0.1) is 0 Å². The zero-order valence-corrected chi connectivity index (χ0v) is 18.0. The third-order valence-corrected chi connectivity index (χ3v) is 6.25. The molecule has 1 fully saturated rings. The van der Waals surface area contributed by atoms with Gasteiger partial charge in [-0.25, -0.2) is 4.79 Å². The van der Waals surface area contributed by atoms with Crippen LogP contribution < -0.4 is 4.74 Å². The minimum absolute atomic E-state index is 0.553.